The maximum atomic E-state index is 6.31. The minimum absolute atomic E-state index is 0.397. The van der Waals surface area contributed by atoms with Crippen LogP contribution in [-0.2, 0) is 5.54 Å². The third kappa shape index (κ3) is 2.83. The summed E-state index contributed by atoms with van der Waals surface area (Å²) in [6.45, 7) is 0. The van der Waals surface area contributed by atoms with Crippen molar-refractivity contribution in [2.75, 3.05) is 0 Å². The van der Waals surface area contributed by atoms with E-state index < -0.39 is 5.54 Å². The van der Waals surface area contributed by atoms with Gasteiger partial charge < -0.3 is 10.3 Å². The van der Waals surface area contributed by atoms with Gasteiger partial charge in [-0.2, -0.15) is 4.98 Å². The molecule has 0 unspecified atom stereocenters. The van der Waals surface area contributed by atoms with Crippen molar-refractivity contribution in [2.24, 2.45) is 5.73 Å². The first-order valence-electron chi connectivity index (χ1n) is 6.72. The molecule has 1 aromatic carbocycles. The average Bonchev–Trinajstić information content (AvgIpc) is 3.06. The lowest BCUT2D eigenvalue weighted by atomic mass is 9.99. The molecule has 1 heterocycles. The van der Waals surface area contributed by atoms with Crippen LogP contribution in [0.3, 0.4) is 0 Å². The summed E-state index contributed by atoms with van der Waals surface area (Å²) < 4.78 is 6.29. The molecular formula is C15H16BrN3O. The van der Waals surface area contributed by atoms with Gasteiger partial charge in [0.1, 0.15) is 0 Å². The highest BCUT2D eigenvalue weighted by Gasteiger charge is 2.35. The third-order valence-electron chi connectivity index (χ3n) is 3.65. The number of aromatic nitrogens is 2. The van der Waals surface area contributed by atoms with E-state index in [1.54, 1.807) is 0 Å². The van der Waals surface area contributed by atoms with Crippen LogP contribution < -0.4 is 5.73 Å². The van der Waals surface area contributed by atoms with E-state index in [4.69, 9.17) is 10.3 Å². The van der Waals surface area contributed by atoms with Crippen molar-refractivity contribution in [1.29, 1.82) is 0 Å². The van der Waals surface area contributed by atoms with Gasteiger partial charge in [-0.25, -0.2) is 0 Å². The van der Waals surface area contributed by atoms with Gasteiger partial charge in [0.15, 0.2) is 5.82 Å². The first kappa shape index (κ1) is 13.5. The van der Waals surface area contributed by atoms with Gasteiger partial charge in [0.2, 0.25) is 0 Å². The predicted octanol–water partition coefficient (Wildman–Crippen LogP) is 3.73. The second kappa shape index (κ2) is 5.50. The number of nitrogens with zero attached hydrogens (tertiary/aromatic N) is 2. The molecule has 0 amide bonds. The molecule has 1 aliphatic rings. The maximum Gasteiger partial charge on any atom is 0.250 e. The van der Waals surface area contributed by atoms with Crippen LogP contribution in [0.15, 0.2) is 33.3 Å². The first-order valence-corrected chi connectivity index (χ1v) is 7.52. The molecule has 3 rings (SSSR count). The second-order valence-electron chi connectivity index (χ2n) is 5.21. The topological polar surface area (TPSA) is 64.9 Å². The van der Waals surface area contributed by atoms with Crippen molar-refractivity contribution >= 4 is 28.1 Å². The summed E-state index contributed by atoms with van der Waals surface area (Å²) in [6.07, 6.45) is 7.89. The van der Waals surface area contributed by atoms with Gasteiger partial charge in [0.05, 0.1) is 5.54 Å². The van der Waals surface area contributed by atoms with Crippen LogP contribution in [0.4, 0.5) is 0 Å². The van der Waals surface area contributed by atoms with Crippen LogP contribution in [0.25, 0.3) is 12.2 Å². The molecule has 5 heteroatoms. The fraction of sp³-hybridized carbons (Fsp3) is 0.333. The Bertz CT molecular complexity index is 630. The standard InChI is InChI=1S/C15H16BrN3O/c16-12-5-3-4-11(10-12)6-7-13-18-14(19-20-13)15(17)8-1-2-9-15/h3-7,10H,1-2,8-9,17H2/b7-6+. The summed E-state index contributed by atoms with van der Waals surface area (Å²) in [4.78, 5) is 4.40. The number of hydrogen-bond donors (Lipinski definition) is 1. The number of hydrogen-bond acceptors (Lipinski definition) is 4. The van der Waals surface area contributed by atoms with Gasteiger partial charge in [-0.15, -0.1) is 0 Å². The van der Waals surface area contributed by atoms with Crippen LogP contribution in [0.5, 0.6) is 0 Å². The molecule has 1 aromatic heterocycles. The summed E-state index contributed by atoms with van der Waals surface area (Å²) >= 11 is 3.44. The van der Waals surface area contributed by atoms with E-state index >= 15 is 0 Å². The quantitative estimate of drug-likeness (QED) is 0.929. The zero-order valence-electron chi connectivity index (χ0n) is 11.1. The molecule has 1 aliphatic carbocycles. The van der Waals surface area contributed by atoms with E-state index in [0.29, 0.717) is 11.7 Å². The number of halogens is 1. The van der Waals surface area contributed by atoms with E-state index in [2.05, 4.69) is 26.1 Å². The molecule has 0 atom stereocenters. The predicted molar refractivity (Wildman–Crippen MR) is 81.7 cm³/mol. The molecule has 4 nitrogen and oxygen atoms in total. The fourth-order valence-electron chi connectivity index (χ4n) is 2.51. The Kier molecular flexibility index (Phi) is 3.72. The van der Waals surface area contributed by atoms with E-state index in [-0.39, 0.29) is 0 Å². The van der Waals surface area contributed by atoms with E-state index in [1.165, 1.54) is 0 Å². The zero-order chi connectivity index (χ0) is 14.0. The van der Waals surface area contributed by atoms with Gasteiger partial charge >= 0.3 is 0 Å². The Balaban J connectivity index is 1.77. The van der Waals surface area contributed by atoms with Crippen molar-refractivity contribution in [3.63, 3.8) is 0 Å². The molecule has 0 aliphatic heterocycles. The van der Waals surface area contributed by atoms with Crippen molar-refractivity contribution in [1.82, 2.24) is 10.1 Å². The van der Waals surface area contributed by atoms with Gasteiger partial charge in [0, 0.05) is 10.5 Å². The van der Waals surface area contributed by atoms with Gasteiger partial charge in [-0.05, 0) is 36.6 Å². The van der Waals surface area contributed by atoms with E-state index in [9.17, 15) is 0 Å². The molecule has 0 radical (unpaired) electrons. The van der Waals surface area contributed by atoms with Crippen LogP contribution in [0.1, 0.15) is 43.0 Å². The Hall–Kier alpha value is -1.46. The highest BCUT2D eigenvalue weighted by molar-refractivity contribution is 9.10. The monoisotopic (exact) mass is 333 g/mol. The van der Waals surface area contributed by atoms with Crippen LogP contribution in [-0.4, -0.2) is 10.1 Å². The van der Waals surface area contributed by atoms with Crippen molar-refractivity contribution in [3.05, 3.63) is 46.0 Å². The number of benzene rings is 1. The minimum Gasteiger partial charge on any atom is -0.335 e. The average molecular weight is 334 g/mol. The minimum atomic E-state index is -0.397. The maximum absolute atomic E-state index is 6.31. The Morgan fingerprint density at radius 3 is 2.80 bits per heavy atom. The fourth-order valence-corrected chi connectivity index (χ4v) is 2.93. The molecule has 104 valence electrons. The molecule has 0 spiro atoms. The molecule has 0 bridgehead atoms. The van der Waals surface area contributed by atoms with Crippen molar-refractivity contribution in [3.8, 4) is 0 Å². The van der Waals surface area contributed by atoms with Gasteiger partial charge in [0.25, 0.3) is 5.89 Å². The number of nitrogens with two attached hydrogens (primary N) is 1. The molecular weight excluding hydrogens is 318 g/mol. The molecule has 20 heavy (non-hydrogen) atoms. The summed E-state index contributed by atoms with van der Waals surface area (Å²) in [5.74, 6) is 1.13. The molecule has 2 aromatic rings. The zero-order valence-corrected chi connectivity index (χ0v) is 12.6. The molecule has 1 saturated carbocycles. The van der Waals surface area contributed by atoms with Gasteiger partial charge in [-0.1, -0.05) is 46.1 Å². The van der Waals surface area contributed by atoms with Crippen LogP contribution in [0, 0.1) is 0 Å². The number of rotatable bonds is 3. The normalized spacial score (nSPS) is 17.9. The highest BCUT2D eigenvalue weighted by Crippen LogP contribution is 2.34. The van der Waals surface area contributed by atoms with Crippen LogP contribution in [0.2, 0.25) is 0 Å². The first-order chi connectivity index (χ1) is 9.66. The highest BCUT2D eigenvalue weighted by atomic mass is 79.9. The SMILES string of the molecule is NC1(c2noc(/C=C/c3cccc(Br)c3)n2)CCCC1. The largest absolute Gasteiger partial charge is 0.335 e. The summed E-state index contributed by atoms with van der Waals surface area (Å²) in [5.41, 5.74) is 6.98. The lowest BCUT2D eigenvalue weighted by Crippen LogP contribution is -2.34. The van der Waals surface area contributed by atoms with Crippen LogP contribution >= 0.6 is 15.9 Å². The lowest BCUT2D eigenvalue weighted by molar-refractivity contribution is 0.364. The Morgan fingerprint density at radius 2 is 2.05 bits per heavy atom. The Labute approximate surface area is 126 Å². The summed E-state index contributed by atoms with van der Waals surface area (Å²) in [5, 5.41) is 4.03. The third-order valence-corrected chi connectivity index (χ3v) is 4.14. The van der Waals surface area contributed by atoms with Crippen molar-refractivity contribution in [2.45, 2.75) is 31.2 Å². The van der Waals surface area contributed by atoms with E-state index in [1.807, 2.05) is 36.4 Å². The second-order valence-corrected chi connectivity index (χ2v) is 6.12. The van der Waals surface area contributed by atoms with Crippen molar-refractivity contribution < 1.29 is 4.52 Å². The van der Waals surface area contributed by atoms with Gasteiger partial charge in [-0.3, -0.25) is 0 Å². The summed E-state index contributed by atoms with van der Waals surface area (Å²) in [7, 11) is 0. The van der Waals surface area contributed by atoms with E-state index in [0.717, 1.165) is 35.7 Å². The summed E-state index contributed by atoms with van der Waals surface area (Å²) in [6, 6.07) is 8.01. The smallest absolute Gasteiger partial charge is 0.250 e. The Morgan fingerprint density at radius 1 is 1.25 bits per heavy atom. The molecule has 0 saturated heterocycles. The molecule has 1 fully saturated rings. The lowest BCUT2D eigenvalue weighted by Gasteiger charge is -2.17. The molecule has 2 N–H and O–H groups in total.